The number of carboxylic acid groups (broad SMARTS) is 1. The molecule has 0 aromatic rings. The number of hydrogen-bond acceptors (Lipinski definition) is 4. The van der Waals surface area contributed by atoms with E-state index in [-0.39, 0.29) is 31.0 Å². The lowest BCUT2D eigenvalue weighted by Crippen LogP contribution is -2.22. The van der Waals surface area contributed by atoms with E-state index >= 15 is 0 Å². The highest BCUT2D eigenvalue weighted by Crippen LogP contribution is 2.36. The van der Waals surface area contributed by atoms with Crippen LogP contribution in [-0.4, -0.2) is 39.3 Å². The van der Waals surface area contributed by atoms with Crippen LogP contribution in [-0.2, 0) is 9.59 Å². The summed E-state index contributed by atoms with van der Waals surface area (Å²) in [5, 5.41) is 29.1. The number of aliphatic hydroxyl groups excluding tert-OH is 2. The summed E-state index contributed by atoms with van der Waals surface area (Å²) in [6.45, 7) is 2.09. The number of aliphatic hydroxyl groups is 2. The molecule has 146 valence electrons. The van der Waals surface area contributed by atoms with Crippen LogP contribution in [0, 0.1) is 11.8 Å². The largest absolute Gasteiger partial charge is 0.481 e. The highest BCUT2D eigenvalue weighted by molar-refractivity contribution is 5.84. The molecule has 1 saturated carbocycles. The van der Waals surface area contributed by atoms with Gasteiger partial charge in [0.25, 0.3) is 0 Å². The Labute approximate surface area is 157 Å². The SMILES string of the molecule is [2H]C([2H])(CCC[C@H]1C(=O)C[C@@H](O)[C@@H]1CC[C@H](O)CCCCC)C([2H])([2H])CC(=O)O. The highest BCUT2D eigenvalue weighted by atomic mass is 16.4. The molecule has 0 aromatic heterocycles. The molecule has 1 rings (SSSR count). The molecule has 4 atom stereocenters. The maximum Gasteiger partial charge on any atom is 0.303 e. The second kappa shape index (κ2) is 12.4. The molecule has 5 nitrogen and oxygen atoms in total. The van der Waals surface area contributed by atoms with Gasteiger partial charge in [0.2, 0.25) is 0 Å². The maximum absolute atomic E-state index is 12.3. The summed E-state index contributed by atoms with van der Waals surface area (Å²) in [6, 6.07) is 0. The molecular formula is C20H36O5. The van der Waals surface area contributed by atoms with Crippen LogP contribution < -0.4 is 0 Å². The van der Waals surface area contributed by atoms with Gasteiger partial charge in [0, 0.05) is 24.2 Å². The van der Waals surface area contributed by atoms with Crippen LogP contribution in [0.2, 0.25) is 0 Å². The fourth-order valence-electron chi connectivity index (χ4n) is 3.58. The van der Waals surface area contributed by atoms with E-state index < -0.39 is 43.3 Å². The van der Waals surface area contributed by atoms with Gasteiger partial charge in [-0.15, -0.1) is 0 Å². The minimum absolute atomic E-state index is 0.0635. The maximum atomic E-state index is 12.3. The average molecular weight is 361 g/mol. The van der Waals surface area contributed by atoms with Crippen LogP contribution in [0.1, 0.15) is 95.8 Å². The van der Waals surface area contributed by atoms with E-state index in [0.29, 0.717) is 25.7 Å². The Morgan fingerprint density at radius 2 is 1.96 bits per heavy atom. The molecule has 0 unspecified atom stereocenters. The summed E-state index contributed by atoms with van der Waals surface area (Å²) in [5.74, 6) is -2.17. The molecule has 0 heterocycles. The van der Waals surface area contributed by atoms with E-state index in [4.69, 9.17) is 10.6 Å². The average Bonchev–Trinajstić information content (AvgIpc) is 2.85. The number of carbonyl (C=O) groups excluding carboxylic acids is 1. The molecule has 0 radical (unpaired) electrons. The van der Waals surface area contributed by atoms with Crippen LogP contribution in [0.15, 0.2) is 0 Å². The lowest BCUT2D eigenvalue weighted by Gasteiger charge is -2.22. The topological polar surface area (TPSA) is 94.8 Å². The molecule has 0 bridgehead atoms. The Kier molecular flexibility index (Phi) is 8.07. The zero-order valence-corrected chi connectivity index (χ0v) is 15.2. The number of carboxylic acids is 1. The lowest BCUT2D eigenvalue weighted by molar-refractivity contribution is -0.137. The van der Waals surface area contributed by atoms with Gasteiger partial charge in [-0.3, -0.25) is 9.59 Å². The smallest absolute Gasteiger partial charge is 0.303 e. The van der Waals surface area contributed by atoms with Crippen molar-refractivity contribution in [1.82, 2.24) is 0 Å². The summed E-state index contributed by atoms with van der Waals surface area (Å²) in [5.41, 5.74) is 0. The Hall–Kier alpha value is -0.940. The number of rotatable bonds is 14. The van der Waals surface area contributed by atoms with Gasteiger partial charge in [-0.25, -0.2) is 0 Å². The third-order valence-electron chi connectivity index (χ3n) is 4.99. The fourth-order valence-corrected chi connectivity index (χ4v) is 3.58. The van der Waals surface area contributed by atoms with Crippen molar-refractivity contribution < 1.29 is 30.4 Å². The zero-order valence-electron chi connectivity index (χ0n) is 19.2. The third kappa shape index (κ3) is 8.82. The number of aliphatic carboxylic acids is 1. The normalized spacial score (nSPS) is 28.1. The summed E-state index contributed by atoms with van der Waals surface area (Å²) in [4.78, 5) is 23.1. The van der Waals surface area contributed by atoms with Crippen LogP contribution in [0.4, 0.5) is 0 Å². The van der Waals surface area contributed by atoms with Gasteiger partial charge in [0.1, 0.15) is 5.78 Å². The quantitative estimate of drug-likeness (QED) is 0.411. The Morgan fingerprint density at radius 1 is 1.20 bits per heavy atom. The molecule has 0 aliphatic heterocycles. The van der Waals surface area contributed by atoms with Crippen LogP contribution in [0.3, 0.4) is 0 Å². The van der Waals surface area contributed by atoms with E-state index in [2.05, 4.69) is 6.92 Å². The summed E-state index contributed by atoms with van der Waals surface area (Å²) in [6.07, 6.45) is -1.72. The minimum Gasteiger partial charge on any atom is -0.481 e. The van der Waals surface area contributed by atoms with Gasteiger partial charge >= 0.3 is 5.97 Å². The number of unbranched alkanes of at least 4 members (excludes halogenated alkanes) is 2. The van der Waals surface area contributed by atoms with Crippen LogP contribution >= 0.6 is 0 Å². The summed E-state index contributed by atoms with van der Waals surface area (Å²) < 4.78 is 31.3. The predicted octanol–water partition coefficient (Wildman–Crippen LogP) is 3.70. The number of Topliss-reactive ketones (excluding diaryl/α,β-unsaturated/α-hetero) is 1. The third-order valence-corrected chi connectivity index (χ3v) is 4.99. The minimum atomic E-state index is -2.50. The lowest BCUT2D eigenvalue weighted by atomic mass is 9.85. The van der Waals surface area contributed by atoms with Crippen molar-refractivity contribution in [2.75, 3.05) is 0 Å². The second-order valence-corrected chi connectivity index (χ2v) is 7.05. The molecule has 1 fully saturated rings. The predicted molar refractivity (Wildman–Crippen MR) is 97.3 cm³/mol. The van der Waals surface area contributed by atoms with Crippen molar-refractivity contribution in [3.05, 3.63) is 0 Å². The molecule has 0 saturated heterocycles. The highest BCUT2D eigenvalue weighted by Gasteiger charge is 2.40. The van der Waals surface area contributed by atoms with Crippen molar-refractivity contribution in [3.8, 4) is 0 Å². The molecule has 1 aliphatic carbocycles. The Morgan fingerprint density at radius 3 is 2.64 bits per heavy atom. The van der Waals surface area contributed by atoms with Gasteiger partial charge in [0.15, 0.2) is 0 Å². The van der Waals surface area contributed by atoms with Gasteiger partial charge in [-0.05, 0) is 38.0 Å². The summed E-state index contributed by atoms with van der Waals surface area (Å²) >= 11 is 0. The van der Waals surface area contributed by atoms with Gasteiger partial charge in [-0.2, -0.15) is 0 Å². The molecule has 25 heavy (non-hydrogen) atoms. The van der Waals surface area contributed by atoms with E-state index in [9.17, 15) is 19.8 Å². The Bertz CT molecular complexity index is 541. The monoisotopic (exact) mass is 360 g/mol. The molecule has 0 amide bonds. The molecule has 3 N–H and O–H groups in total. The van der Waals surface area contributed by atoms with Crippen molar-refractivity contribution in [2.24, 2.45) is 11.8 Å². The number of carbonyl (C=O) groups is 2. The second-order valence-electron chi connectivity index (χ2n) is 7.05. The molecule has 0 spiro atoms. The molecule has 5 heteroatoms. The number of ketones is 1. The van der Waals surface area contributed by atoms with Crippen molar-refractivity contribution in [3.63, 3.8) is 0 Å². The first-order valence-electron chi connectivity index (χ1n) is 11.5. The Balaban J connectivity index is 2.57. The van der Waals surface area contributed by atoms with Crippen molar-refractivity contribution in [2.45, 2.75) is 103 Å². The van der Waals surface area contributed by atoms with Gasteiger partial charge in [-0.1, -0.05) is 45.4 Å². The van der Waals surface area contributed by atoms with Crippen LogP contribution in [0.5, 0.6) is 0 Å². The van der Waals surface area contributed by atoms with E-state index in [1.54, 1.807) is 0 Å². The van der Waals surface area contributed by atoms with E-state index in [1.807, 2.05) is 0 Å². The van der Waals surface area contributed by atoms with E-state index in [0.717, 1.165) is 19.3 Å². The zero-order chi connectivity index (χ0) is 22.2. The van der Waals surface area contributed by atoms with Gasteiger partial charge in [0.05, 0.1) is 12.2 Å². The summed E-state index contributed by atoms with van der Waals surface area (Å²) in [7, 11) is 0. The molecular weight excluding hydrogens is 320 g/mol. The van der Waals surface area contributed by atoms with Crippen molar-refractivity contribution >= 4 is 11.8 Å². The van der Waals surface area contributed by atoms with Crippen molar-refractivity contribution in [1.29, 1.82) is 0 Å². The molecule has 1 aliphatic rings. The molecule has 0 aromatic carbocycles. The number of hydrogen-bond donors (Lipinski definition) is 3. The van der Waals surface area contributed by atoms with Crippen LogP contribution in [0.25, 0.3) is 0 Å². The standard InChI is InChI=1S/C20H36O5/c1-2-3-6-9-15(21)12-13-17-16(18(22)14-19(17)23)10-7-4-5-8-11-20(24)25/h15-17,19,21,23H,2-14H2,1H3,(H,24,25)/t15-,16-,17-,19-/m1/s1/i5D2,8D2. The first-order chi connectivity index (χ1) is 13.4. The fraction of sp³-hybridized carbons (Fsp3) is 0.900. The first-order valence-corrected chi connectivity index (χ1v) is 9.52. The first kappa shape index (κ1) is 16.2. The van der Waals surface area contributed by atoms with E-state index in [1.165, 1.54) is 0 Å². The van der Waals surface area contributed by atoms with Gasteiger partial charge < -0.3 is 15.3 Å².